The van der Waals surface area contributed by atoms with Crippen LogP contribution in [0.25, 0.3) is 0 Å². The molecule has 0 saturated heterocycles. The van der Waals surface area contributed by atoms with Crippen LogP contribution in [-0.4, -0.2) is 37.0 Å². The number of aryl methyl sites for hydroxylation is 1. The van der Waals surface area contributed by atoms with Crippen LogP contribution in [0.4, 0.5) is 0 Å². The number of benzene rings is 2. The minimum absolute atomic E-state index is 0.976. The number of hydrogen-bond acceptors (Lipinski definition) is 2. The van der Waals surface area contributed by atoms with E-state index in [-0.39, 0.29) is 0 Å². The number of likely N-dealkylation sites (N-methyl/N-ethyl adjacent to an activating group) is 1. The van der Waals surface area contributed by atoms with Gasteiger partial charge in [-0.25, -0.2) is 0 Å². The van der Waals surface area contributed by atoms with Gasteiger partial charge < -0.3 is 4.90 Å². The molecule has 23 heavy (non-hydrogen) atoms. The zero-order valence-electron chi connectivity index (χ0n) is 14.4. The first-order chi connectivity index (χ1) is 11.1. The topological polar surface area (TPSA) is 6.48 Å². The van der Waals surface area contributed by atoms with Gasteiger partial charge in [0.25, 0.3) is 0 Å². The molecule has 0 aliphatic carbocycles. The van der Waals surface area contributed by atoms with Crippen LogP contribution in [0.5, 0.6) is 0 Å². The molecular weight excluding hydrogens is 348 g/mol. The average Bonchev–Trinajstić information content (AvgIpc) is 2.53. The fraction of sp³-hybridized carbons (Fsp3) is 0.400. The molecule has 0 heterocycles. The van der Waals surface area contributed by atoms with Gasteiger partial charge in [0.05, 0.1) is 0 Å². The first-order valence-corrected chi connectivity index (χ1v) is 9.05. The van der Waals surface area contributed by atoms with Gasteiger partial charge in [-0.3, -0.25) is 4.90 Å². The lowest BCUT2D eigenvalue weighted by Crippen LogP contribution is -2.31. The molecule has 0 spiro atoms. The van der Waals surface area contributed by atoms with Crippen LogP contribution in [0.1, 0.15) is 23.6 Å². The van der Waals surface area contributed by atoms with Crippen molar-refractivity contribution in [3.8, 4) is 0 Å². The number of nitrogens with zero attached hydrogens (tertiary/aromatic N) is 2. The first kappa shape index (κ1) is 18.2. The zero-order chi connectivity index (χ0) is 16.7. The summed E-state index contributed by atoms with van der Waals surface area (Å²) in [5.74, 6) is 0. The summed E-state index contributed by atoms with van der Waals surface area (Å²) in [5, 5.41) is 0. The number of rotatable bonds is 8. The van der Waals surface area contributed by atoms with Gasteiger partial charge in [-0.1, -0.05) is 59.3 Å². The van der Waals surface area contributed by atoms with Crippen LogP contribution >= 0.6 is 15.9 Å². The van der Waals surface area contributed by atoms with Gasteiger partial charge in [0, 0.05) is 30.7 Å². The molecule has 0 bridgehead atoms. The van der Waals surface area contributed by atoms with Crippen LogP contribution in [0, 0.1) is 0 Å². The van der Waals surface area contributed by atoms with Crippen molar-refractivity contribution in [2.24, 2.45) is 0 Å². The van der Waals surface area contributed by atoms with Gasteiger partial charge in [0.2, 0.25) is 0 Å². The molecule has 0 aliphatic rings. The standard InChI is InChI=1S/C20H27BrN2/c1-4-17-7-5-8-18(13-17)15-23(12-11-22(2)3)16-19-9-6-10-20(21)14-19/h5-10,13-14H,4,11-12,15-16H2,1-3H3. The molecule has 0 saturated carbocycles. The zero-order valence-corrected chi connectivity index (χ0v) is 16.0. The van der Waals surface area contributed by atoms with Crippen molar-refractivity contribution in [1.82, 2.24) is 9.80 Å². The molecule has 0 amide bonds. The third kappa shape index (κ3) is 6.46. The monoisotopic (exact) mass is 374 g/mol. The summed E-state index contributed by atoms with van der Waals surface area (Å²) in [4.78, 5) is 4.77. The van der Waals surface area contributed by atoms with E-state index in [0.29, 0.717) is 0 Å². The van der Waals surface area contributed by atoms with E-state index >= 15 is 0 Å². The Labute approximate surface area is 149 Å². The lowest BCUT2D eigenvalue weighted by molar-refractivity contribution is 0.226. The summed E-state index contributed by atoms with van der Waals surface area (Å²) in [7, 11) is 4.27. The van der Waals surface area contributed by atoms with Crippen molar-refractivity contribution in [2.45, 2.75) is 26.4 Å². The predicted octanol–water partition coefficient (Wildman–Crippen LogP) is 4.58. The Morgan fingerprint density at radius 2 is 1.43 bits per heavy atom. The Kier molecular flexibility index (Phi) is 7.28. The van der Waals surface area contributed by atoms with Crippen molar-refractivity contribution in [2.75, 3.05) is 27.2 Å². The largest absolute Gasteiger partial charge is 0.308 e. The van der Waals surface area contributed by atoms with Crippen LogP contribution in [-0.2, 0) is 19.5 Å². The average molecular weight is 375 g/mol. The van der Waals surface area contributed by atoms with Crippen molar-refractivity contribution in [1.29, 1.82) is 0 Å². The van der Waals surface area contributed by atoms with E-state index in [9.17, 15) is 0 Å². The predicted molar refractivity (Wildman–Crippen MR) is 103 cm³/mol. The highest BCUT2D eigenvalue weighted by atomic mass is 79.9. The highest BCUT2D eigenvalue weighted by molar-refractivity contribution is 9.10. The summed E-state index contributed by atoms with van der Waals surface area (Å²) in [5.41, 5.74) is 4.17. The molecular formula is C20H27BrN2. The van der Waals surface area contributed by atoms with E-state index in [2.05, 4.69) is 95.3 Å². The summed E-state index contributed by atoms with van der Waals surface area (Å²) >= 11 is 3.57. The third-order valence-electron chi connectivity index (χ3n) is 3.96. The lowest BCUT2D eigenvalue weighted by Gasteiger charge is -2.24. The molecule has 0 atom stereocenters. The van der Waals surface area contributed by atoms with Crippen LogP contribution in [0.3, 0.4) is 0 Å². The molecule has 124 valence electrons. The maximum atomic E-state index is 3.57. The van der Waals surface area contributed by atoms with Crippen molar-refractivity contribution < 1.29 is 0 Å². The van der Waals surface area contributed by atoms with E-state index in [0.717, 1.165) is 37.1 Å². The molecule has 2 nitrogen and oxygen atoms in total. The molecule has 0 aliphatic heterocycles. The molecule has 2 rings (SSSR count). The Bertz CT molecular complexity index is 610. The summed E-state index contributed by atoms with van der Waals surface area (Å²) in [6.45, 7) is 6.32. The molecule has 0 unspecified atom stereocenters. The first-order valence-electron chi connectivity index (χ1n) is 8.26. The second-order valence-corrected chi connectivity index (χ2v) is 7.23. The fourth-order valence-corrected chi connectivity index (χ4v) is 3.10. The second kappa shape index (κ2) is 9.21. The lowest BCUT2D eigenvalue weighted by atomic mass is 10.1. The molecule has 0 N–H and O–H groups in total. The van der Waals surface area contributed by atoms with Gasteiger partial charge in [-0.15, -0.1) is 0 Å². The van der Waals surface area contributed by atoms with Gasteiger partial charge >= 0.3 is 0 Å². The van der Waals surface area contributed by atoms with Crippen molar-refractivity contribution in [3.63, 3.8) is 0 Å². The fourth-order valence-electron chi connectivity index (χ4n) is 2.66. The maximum Gasteiger partial charge on any atom is 0.0238 e. The minimum atomic E-state index is 0.976. The number of hydrogen-bond donors (Lipinski definition) is 0. The van der Waals surface area contributed by atoms with E-state index in [1.54, 1.807) is 0 Å². The Morgan fingerprint density at radius 3 is 2.04 bits per heavy atom. The SMILES string of the molecule is CCc1cccc(CN(CCN(C)C)Cc2cccc(Br)c2)c1. The van der Waals surface area contributed by atoms with Crippen LogP contribution in [0.15, 0.2) is 53.0 Å². The molecule has 0 radical (unpaired) electrons. The Balaban J connectivity index is 2.09. The van der Waals surface area contributed by atoms with Gasteiger partial charge in [-0.05, 0) is 49.3 Å². The molecule has 0 aromatic heterocycles. The van der Waals surface area contributed by atoms with Crippen molar-refractivity contribution >= 4 is 15.9 Å². The van der Waals surface area contributed by atoms with E-state index in [4.69, 9.17) is 0 Å². The maximum absolute atomic E-state index is 3.57. The highest BCUT2D eigenvalue weighted by Crippen LogP contribution is 2.16. The highest BCUT2D eigenvalue weighted by Gasteiger charge is 2.08. The van der Waals surface area contributed by atoms with Crippen molar-refractivity contribution in [3.05, 3.63) is 69.7 Å². The smallest absolute Gasteiger partial charge is 0.0238 e. The summed E-state index contributed by atoms with van der Waals surface area (Å²) in [6.07, 6.45) is 1.09. The summed E-state index contributed by atoms with van der Waals surface area (Å²) in [6, 6.07) is 17.6. The van der Waals surface area contributed by atoms with Gasteiger partial charge in [-0.2, -0.15) is 0 Å². The molecule has 2 aromatic rings. The normalized spacial score (nSPS) is 11.4. The van der Waals surface area contributed by atoms with E-state index in [1.807, 2.05) is 0 Å². The second-order valence-electron chi connectivity index (χ2n) is 6.32. The quantitative estimate of drug-likeness (QED) is 0.667. The Morgan fingerprint density at radius 1 is 0.826 bits per heavy atom. The minimum Gasteiger partial charge on any atom is -0.308 e. The van der Waals surface area contributed by atoms with E-state index in [1.165, 1.54) is 16.7 Å². The van der Waals surface area contributed by atoms with E-state index < -0.39 is 0 Å². The van der Waals surface area contributed by atoms with Crippen LogP contribution < -0.4 is 0 Å². The van der Waals surface area contributed by atoms with Gasteiger partial charge in [0.1, 0.15) is 0 Å². The number of halogens is 1. The molecule has 3 heteroatoms. The summed E-state index contributed by atoms with van der Waals surface area (Å²) < 4.78 is 1.15. The Hall–Kier alpha value is -1.16. The third-order valence-corrected chi connectivity index (χ3v) is 4.46. The van der Waals surface area contributed by atoms with Gasteiger partial charge in [0.15, 0.2) is 0 Å². The molecule has 2 aromatic carbocycles. The van der Waals surface area contributed by atoms with Crippen LogP contribution in [0.2, 0.25) is 0 Å². The molecule has 0 fully saturated rings.